The van der Waals surface area contributed by atoms with Gasteiger partial charge in [-0.1, -0.05) is 19.9 Å². The monoisotopic (exact) mass is 352 g/mol. The highest BCUT2D eigenvalue weighted by Gasteiger charge is 2.15. The fourth-order valence-corrected chi connectivity index (χ4v) is 2.21. The number of nitrogens with one attached hydrogen (secondary N) is 2. The van der Waals surface area contributed by atoms with E-state index in [1.54, 1.807) is 20.3 Å². The van der Waals surface area contributed by atoms with Crippen LogP contribution in [0.2, 0.25) is 0 Å². The molecule has 8 heteroatoms. The van der Waals surface area contributed by atoms with Crippen LogP contribution in [0.3, 0.4) is 0 Å². The van der Waals surface area contributed by atoms with E-state index in [-0.39, 0.29) is 5.69 Å². The normalized spacial score (nSPS) is 9.50. The maximum absolute atomic E-state index is 8.73. The highest BCUT2D eigenvalue weighted by molar-refractivity contribution is 5.76. The van der Waals surface area contributed by atoms with Crippen LogP contribution in [0.25, 0.3) is 11.3 Å². The first-order chi connectivity index (χ1) is 12.7. The van der Waals surface area contributed by atoms with Crippen molar-refractivity contribution in [2.24, 2.45) is 0 Å². The summed E-state index contributed by atoms with van der Waals surface area (Å²) in [7, 11) is 3.19. The van der Waals surface area contributed by atoms with Crippen molar-refractivity contribution in [3.63, 3.8) is 0 Å². The molecule has 0 saturated heterocycles. The molecular weight excluding hydrogens is 332 g/mol. The van der Waals surface area contributed by atoms with Gasteiger partial charge in [0.25, 0.3) is 0 Å². The molecule has 0 bridgehead atoms. The zero-order chi connectivity index (χ0) is 18.9. The van der Waals surface area contributed by atoms with E-state index in [2.05, 4.69) is 25.5 Å². The van der Waals surface area contributed by atoms with E-state index in [4.69, 9.17) is 14.7 Å². The van der Waals surface area contributed by atoms with Gasteiger partial charge in [0, 0.05) is 6.07 Å². The Hall–Kier alpha value is -3.60. The summed E-state index contributed by atoms with van der Waals surface area (Å²) in [6.07, 6.45) is 2.86. The highest BCUT2D eigenvalue weighted by atomic mass is 16.5. The lowest BCUT2D eigenvalue weighted by Gasteiger charge is -2.11. The van der Waals surface area contributed by atoms with Gasteiger partial charge in [0.1, 0.15) is 23.4 Å². The van der Waals surface area contributed by atoms with Gasteiger partial charge in [-0.25, -0.2) is 9.97 Å². The zero-order valence-electron chi connectivity index (χ0n) is 15.1. The van der Waals surface area contributed by atoms with E-state index in [0.29, 0.717) is 23.1 Å². The van der Waals surface area contributed by atoms with Crippen LogP contribution in [0.5, 0.6) is 11.5 Å². The summed E-state index contributed by atoms with van der Waals surface area (Å²) in [6.45, 7) is 4.00. The number of anilines is 2. The summed E-state index contributed by atoms with van der Waals surface area (Å²) in [4.78, 5) is 8.04. The SMILES string of the molecule is CC.COc1cccc(OC)c1-c1cc(Nc2cnc(C#N)cn2)n[nH]1. The largest absolute Gasteiger partial charge is 0.496 e. The number of rotatable bonds is 5. The lowest BCUT2D eigenvalue weighted by Crippen LogP contribution is -1.95. The number of H-pyrrole nitrogens is 1. The van der Waals surface area contributed by atoms with Crippen molar-refractivity contribution in [2.75, 3.05) is 19.5 Å². The molecule has 2 N–H and O–H groups in total. The number of ether oxygens (including phenoxy) is 2. The second kappa shape index (κ2) is 9.03. The Bertz CT molecular complexity index is 861. The number of aromatic amines is 1. The van der Waals surface area contributed by atoms with Crippen molar-refractivity contribution in [2.45, 2.75) is 13.8 Å². The fraction of sp³-hybridized carbons (Fsp3) is 0.222. The molecule has 0 saturated carbocycles. The van der Waals surface area contributed by atoms with Crippen molar-refractivity contribution in [1.29, 1.82) is 5.26 Å². The quantitative estimate of drug-likeness (QED) is 0.723. The van der Waals surface area contributed by atoms with Crippen LogP contribution in [0, 0.1) is 11.3 Å². The molecule has 0 radical (unpaired) electrons. The van der Waals surface area contributed by atoms with Gasteiger partial charge < -0.3 is 14.8 Å². The van der Waals surface area contributed by atoms with E-state index in [9.17, 15) is 0 Å². The van der Waals surface area contributed by atoms with Crippen molar-refractivity contribution >= 4 is 11.6 Å². The average Bonchev–Trinajstić information content (AvgIpc) is 3.17. The molecule has 26 heavy (non-hydrogen) atoms. The third-order valence-electron chi connectivity index (χ3n) is 3.30. The van der Waals surface area contributed by atoms with Crippen LogP contribution in [-0.4, -0.2) is 34.4 Å². The minimum atomic E-state index is 0.252. The van der Waals surface area contributed by atoms with Gasteiger partial charge in [-0.2, -0.15) is 10.4 Å². The van der Waals surface area contributed by atoms with Crippen molar-refractivity contribution in [3.8, 4) is 28.8 Å². The average molecular weight is 352 g/mol. The van der Waals surface area contributed by atoms with Gasteiger partial charge >= 0.3 is 0 Å². The van der Waals surface area contributed by atoms with Crippen LogP contribution in [0.1, 0.15) is 19.5 Å². The third kappa shape index (κ3) is 4.08. The van der Waals surface area contributed by atoms with Crippen molar-refractivity contribution < 1.29 is 9.47 Å². The summed E-state index contributed by atoms with van der Waals surface area (Å²) >= 11 is 0. The van der Waals surface area contributed by atoms with E-state index < -0.39 is 0 Å². The Labute approximate surface area is 151 Å². The Morgan fingerprint density at radius 1 is 1.04 bits per heavy atom. The number of nitrogens with zero attached hydrogens (tertiary/aromatic N) is 4. The van der Waals surface area contributed by atoms with Gasteiger partial charge in [0.15, 0.2) is 11.5 Å². The maximum Gasteiger partial charge on any atom is 0.158 e. The molecule has 2 heterocycles. The Morgan fingerprint density at radius 2 is 1.73 bits per heavy atom. The first-order valence-electron chi connectivity index (χ1n) is 8.01. The molecule has 0 fully saturated rings. The van der Waals surface area contributed by atoms with Gasteiger partial charge in [-0.3, -0.25) is 5.10 Å². The first-order valence-corrected chi connectivity index (χ1v) is 8.01. The van der Waals surface area contributed by atoms with Crippen LogP contribution < -0.4 is 14.8 Å². The molecule has 1 aromatic carbocycles. The standard InChI is InChI=1S/C16H14N6O2.C2H6/c1-23-12-4-3-5-13(24-2)16(12)11-6-14(22-21-11)20-15-9-18-10(7-17)8-19-15;1-2/h3-6,8-9H,1-2H3,(H2,19,20,21,22);1-2H3. The second-order valence-electron chi connectivity index (χ2n) is 4.73. The number of methoxy groups -OCH3 is 2. The highest BCUT2D eigenvalue weighted by Crippen LogP contribution is 2.37. The van der Waals surface area contributed by atoms with Gasteiger partial charge in [0.2, 0.25) is 0 Å². The van der Waals surface area contributed by atoms with Crippen LogP contribution in [0.4, 0.5) is 11.6 Å². The summed E-state index contributed by atoms with van der Waals surface area (Å²) in [5, 5.41) is 18.9. The molecule has 0 amide bonds. The molecule has 8 nitrogen and oxygen atoms in total. The van der Waals surface area contributed by atoms with E-state index in [0.717, 1.165) is 11.3 Å². The topological polar surface area (TPSA) is 109 Å². The number of hydrogen-bond acceptors (Lipinski definition) is 7. The maximum atomic E-state index is 8.73. The number of benzene rings is 1. The molecule has 0 aliphatic rings. The molecule has 0 aliphatic carbocycles. The molecule has 0 aliphatic heterocycles. The van der Waals surface area contributed by atoms with Crippen molar-refractivity contribution in [3.05, 3.63) is 42.4 Å². The molecule has 0 unspecified atom stereocenters. The Kier molecular flexibility index (Phi) is 6.51. The van der Waals surface area contributed by atoms with Gasteiger partial charge in [0.05, 0.1) is 37.9 Å². The molecule has 134 valence electrons. The molecular formula is C18H20N6O2. The van der Waals surface area contributed by atoms with Crippen LogP contribution in [0.15, 0.2) is 36.7 Å². The fourth-order valence-electron chi connectivity index (χ4n) is 2.21. The van der Waals surface area contributed by atoms with Crippen LogP contribution in [-0.2, 0) is 0 Å². The summed E-state index contributed by atoms with van der Waals surface area (Å²) in [5.41, 5.74) is 1.75. The van der Waals surface area contributed by atoms with E-state index >= 15 is 0 Å². The van der Waals surface area contributed by atoms with Crippen LogP contribution >= 0.6 is 0 Å². The van der Waals surface area contributed by atoms with E-state index in [1.807, 2.05) is 38.1 Å². The molecule has 2 aromatic heterocycles. The minimum Gasteiger partial charge on any atom is -0.496 e. The molecule has 0 atom stereocenters. The predicted octanol–water partition coefficient (Wildman–Crippen LogP) is 3.53. The molecule has 3 rings (SSSR count). The smallest absolute Gasteiger partial charge is 0.158 e. The molecule has 0 spiro atoms. The summed E-state index contributed by atoms with van der Waals surface area (Å²) < 4.78 is 10.8. The Morgan fingerprint density at radius 3 is 2.27 bits per heavy atom. The third-order valence-corrected chi connectivity index (χ3v) is 3.30. The lowest BCUT2D eigenvalue weighted by molar-refractivity contribution is 0.397. The summed E-state index contributed by atoms with van der Waals surface area (Å²) in [5.74, 6) is 2.38. The predicted molar refractivity (Wildman–Crippen MR) is 98.5 cm³/mol. The van der Waals surface area contributed by atoms with Gasteiger partial charge in [-0.05, 0) is 12.1 Å². The van der Waals surface area contributed by atoms with E-state index in [1.165, 1.54) is 12.4 Å². The number of nitriles is 1. The number of hydrogen-bond donors (Lipinski definition) is 2. The minimum absolute atomic E-state index is 0.252. The summed E-state index contributed by atoms with van der Waals surface area (Å²) in [6, 6.07) is 9.26. The van der Waals surface area contributed by atoms with Gasteiger partial charge in [-0.15, -0.1) is 0 Å². The van der Waals surface area contributed by atoms with Crippen molar-refractivity contribution in [1.82, 2.24) is 20.2 Å². The lowest BCUT2D eigenvalue weighted by atomic mass is 10.1. The second-order valence-corrected chi connectivity index (χ2v) is 4.73. The Balaban J connectivity index is 0.00000117. The number of aromatic nitrogens is 4. The first kappa shape index (κ1) is 18.7. The zero-order valence-corrected chi connectivity index (χ0v) is 15.1. The molecule has 3 aromatic rings.